The van der Waals surface area contributed by atoms with Gasteiger partial charge in [0.1, 0.15) is 5.82 Å². The Morgan fingerprint density at radius 1 is 1.03 bits per heavy atom. The Kier molecular flexibility index (Phi) is 5.40. The lowest BCUT2D eigenvalue weighted by molar-refractivity contribution is -0.137. The number of nitrogens with zero attached hydrogens (tertiary/aromatic N) is 2. The van der Waals surface area contributed by atoms with Gasteiger partial charge in [0.25, 0.3) is 5.91 Å². The Hall–Kier alpha value is -3.62. The summed E-state index contributed by atoms with van der Waals surface area (Å²) in [6, 6.07) is 12.1. The van der Waals surface area contributed by atoms with E-state index < -0.39 is 23.6 Å². The number of anilines is 1. The molecule has 0 aliphatic heterocycles. The molecule has 0 atom stereocenters. The minimum absolute atomic E-state index is 0.0845. The van der Waals surface area contributed by atoms with Gasteiger partial charge in [-0.15, -0.1) is 0 Å². The number of para-hydroxylation sites is 1. The van der Waals surface area contributed by atoms with Gasteiger partial charge in [0, 0.05) is 11.6 Å². The number of ether oxygens (including phenoxy) is 1. The van der Waals surface area contributed by atoms with Gasteiger partial charge in [0.15, 0.2) is 0 Å². The van der Waals surface area contributed by atoms with Crippen LogP contribution in [0.5, 0.6) is 0 Å². The molecule has 0 aliphatic carbocycles. The van der Waals surface area contributed by atoms with E-state index in [0.717, 1.165) is 10.7 Å². The normalized spacial score (nSPS) is 11.2. The van der Waals surface area contributed by atoms with Gasteiger partial charge in [-0.1, -0.05) is 12.1 Å². The van der Waals surface area contributed by atoms with E-state index in [1.807, 2.05) is 0 Å². The summed E-state index contributed by atoms with van der Waals surface area (Å²) in [6.45, 7) is 1.60. The third kappa shape index (κ3) is 4.29. The molecule has 150 valence electrons. The van der Waals surface area contributed by atoms with Crippen LogP contribution in [0.2, 0.25) is 0 Å². The third-order valence-electron chi connectivity index (χ3n) is 4.08. The Morgan fingerprint density at radius 2 is 1.66 bits per heavy atom. The van der Waals surface area contributed by atoms with Crippen molar-refractivity contribution >= 4 is 17.7 Å². The lowest BCUT2D eigenvalue weighted by atomic mass is 10.1. The Morgan fingerprint density at radius 3 is 2.28 bits per heavy atom. The van der Waals surface area contributed by atoms with Crippen LogP contribution in [0.1, 0.15) is 32.0 Å². The van der Waals surface area contributed by atoms with Crippen LogP contribution in [0.15, 0.2) is 54.6 Å². The first kappa shape index (κ1) is 20.1. The Bertz CT molecular complexity index is 1060. The van der Waals surface area contributed by atoms with Crippen molar-refractivity contribution in [2.24, 2.45) is 0 Å². The predicted molar refractivity (Wildman–Crippen MR) is 99.0 cm³/mol. The number of aryl methyl sites for hydroxylation is 1. The number of esters is 1. The number of hydrogen-bond donors (Lipinski definition) is 1. The van der Waals surface area contributed by atoms with Gasteiger partial charge in [-0.05, 0) is 43.3 Å². The van der Waals surface area contributed by atoms with Gasteiger partial charge in [-0.2, -0.15) is 18.3 Å². The molecule has 9 heteroatoms. The number of amides is 1. The van der Waals surface area contributed by atoms with E-state index in [2.05, 4.69) is 15.2 Å². The molecule has 0 spiro atoms. The van der Waals surface area contributed by atoms with Crippen molar-refractivity contribution in [3.05, 3.63) is 77.0 Å². The minimum atomic E-state index is -4.58. The summed E-state index contributed by atoms with van der Waals surface area (Å²) in [5.41, 5.74) is -0.167. The molecule has 3 rings (SSSR count). The molecule has 0 unspecified atom stereocenters. The number of halogens is 3. The van der Waals surface area contributed by atoms with E-state index in [0.29, 0.717) is 5.69 Å². The van der Waals surface area contributed by atoms with Gasteiger partial charge < -0.3 is 10.1 Å². The molecule has 0 radical (unpaired) electrons. The summed E-state index contributed by atoms with van der Waals surface area (Å²) in [4.78, 5) is 24.0. The van der Waals surface area contributed by atoms with Crippen LogP contribution < -0.4 is 5.32 Å². The molecule has 6 nitrogen and oxygen atoms in total. The van der Waals surface area contributed by atoms with Crippen molar-refractivity contribution in [1.29, 1.82) is 0 Å². The van der Waals surface area contributed by atoms with Gasteiger partial charge in [-0.3, -0.25) is 4.79 Å². The first-order chi connectivity index (χ1) is 13.7. The molecule has 1 amide bonds. The topological polar surface area (TPSA) is 73.2 Å². The van der Waals surface area contributed by atoms with Crippen LogP contribution in [0, 0.1) is 6.92 Å². The SMILES string of the molecule is COC(=O)c1ccc(C(=O)Nc2cc(C)nn2-c2ccccc2C(F)(F)F)cc1. The molecule has 1 aromatic heterocycles. The van der Waals surface area contributed by atoms with E-state index >= 15 is 0 Å². The monoisotopic (exact) mass is 403 g/mol. The number of aromatic nitrogens is 2. The number of hydrogen-bond acceptors (Lipinski definition) is 4. The van der Waals surface area contributed by atoms with Gasteiger partial charge in [0.05, 0.1) is 29.6 Å². The van der Waals surface area contributed by atoms with Gasteiger partial charge in [-0.25, -0.2) is 9.48 Å². The smallest absolute Gasteiger partial charge is 0.418 e. The minimum Gasteiger partial charge on any atom is -0.465 e. The second-order valence-corrected chi connectivity index (χ2v) is 6.12. The fourth-order valence-corrected chi connectivity index (χ4v) is 2.73. The highest BCUT2D eigenvalue weighted by atomic mass is 19.4. The molecule has 0 saturated carbocycles. The summed E-state index contributed by atoms with van der Waals surface area (Å²) in [5, 5.41) is 6.66. The van der Waals surface area contributed by atoms with Crippen molar-refractivity contribution in [3.8, 4) is 5.69 Å². The highest BCUT2D eigenvalue weighted by Gasteiger charge is 2.34. The van der Waals surface area contributed by atoms with Crippen LogP contribution in [-0.4, -0.2) is 28.8 Å². The van der Waals surface area contributed by atoms with Crippen LogP contribution in [0.4, 0.5) is 19.0 Å². The lowest BCUT2D eigenvalue weighted by Crippen LogP contribution is -2.17. The van der Waals surface area contributed by atoms with Crippen molar-refractivity contribution < 1.29 is 27.5 Å². The zero-order valence-electron chi connectivity index (χ0n) is 15.4. The molecule has 0 saturated heterocycles. The maximum Gasteiger partial charge on any atom is 0.418 e. The highest BCUT2D eigenvalue weighted by molar-refractivity contribution is 6.04. The first-order valence-corrected chi connectivity index (χ1v) is 8.43. The quantitative estimate of drug-likeness (QED) is 0.662. The first-order valence-electron chi connectivity index (χ1n) is 8.43. The average molecular weight is 403 g/mol. The Labute approximate surface area is 163 Å². The van der Waals surface area contributed by atoms with Crippen molar-refractivity contribution in [1.82, 2.24) is 9.78 Å². The lowest BCUT2D eigenvalue weighted by Gasteiger charge is -2.15. The fraction of sp³-hybridized carbons (Fsp3) is 0.150. The predicted octanol–water partition coefficient (Wildman–Crippen LogP) is 4.24. The van der Waals surface area contributed by atoms with Crippen LogP contribution in [0.3, 0.4) is 0 Å². The summed E-state index contributed by atoms with van der Waals surface area (Å²) >= 11 is 0. The molecular formula is C20H16F3N3O3. The zero-order chi connectivity index (χ0) is 21.2. The number of benzene rings is 2. The average Bonchev–Trinajstić information content (AvgIpc) is 3.06. The van der Waals surface area contributed by atoms with Crippen molar-refractivity contribution in [2.45, 2.75) is 13.1 Å². The van der Waals surface area contributed by atoms with Crippen LogP contribution in [-0.2, 0) is 10.9 Å². The number of methoxy groups -OCH3 is 1. The largest absolute Gasteiger partial charge is 0.465 e. The van der Waals surface area contributed by atoms with E-state index in [-0.39, 0.29) is 22.6 Å². The van der Waals surface area contributed by atoms with Crippen LogP contribution in [0.25, 0.3) is 5.69 Å². The molecular weight excluding hydrogens is 387 g/mol. The zero-order valence-corrected chi connectivity index (χ0v) is 15.4. The van der Waals surface area contributed by atoms with Gasteiger partial charge >= 0.3 is 12.1 Å². The van der Waals surface area contributed by atoms with E-state index in [1.54, 1.807) is 6.92 Å². The number of rotatable bonds is 4. The molecule has 0 bridgehead atoms. The molecule has 2 aromatic carbocycles. The third-order valence-corrected chi connectivity index (χ3v) is 4.08. The van der Waals surface area contributed by atoms with Crippen molar-refractivity contribution in [3.63, 3.8) is 0 Å². The highest BCUT2D eigenvalue weighted by Crippen LogP contribution is 2.34. The van der Waals surface area contributed by atoms with E-state index in [9.17, 15) is 22.8 Å². The number of alkyl halides is 3. The Balaban J connectivity index is 1.93. The standard InChI is InChI=1S/C20H16F3N3O3/c1-12-11-17(24-18(27)13-7-9-14(10-8-13)19(28)29-2)26(25-12)16-6-4-3-5-15(16)20(21,22)23/h3-11H,1-2H3,(H,24,27). The van der Waals surface area contributed by atoms with Crippen LogP contribution >= 0.6 is 0 Å². The molecule has 0 fully saturated rings. The van der Waals surface area contributed by atoms with Crippen molar-refractivity contribution in [2.75, 3.05) is 12.4 Å². The van der Waals surface area contributed by atoms with E-state index in [1.165, 1.54) is 55.6 Å². The van der Waals surface area contributed by atoms with E-state index in [4.69, 9.17) is 0 Å². The fourth-order valence-electron chi connectivity index (χ4n) is 2.73. The maximum absolute atomic E-state index is 13.4. The number of nitrogens with one attached hydrogen (secondary N) is 1. The number of carbonyl (C=O) groups excluding carboxylic acids is 2. The molecule has 3 aromatic rings. The summed E-state index contributed by atoms with van der Waals surface area (Å²) in [6.07, 6.45) is -4.58. The molecule has 1 heterocycles. The van der Waals surface area contributed by atoms with Gasteiger partial charge in [0.2, 0.25) is 0 Å². The summed E-state index contributed by atoms with van der Waals surface area (Å²) in [5.74, 6) is -1.03. The molecule has 29 heavy (non-hydrogen) atoms. The maximum atomic E-state index is 13.4. The summed E-state index contributed by atoms with van der Waals surface area (Å²) in [7, 11) is 1.24. The summed E-state index contributed by atoms with van der Waals surface area (Å²) < 4.78 is 45.7. The second kappa shape index (κ2) is 7.78. The number of carbonyl (C=O) groups is 2. The second-order valence-electron chi connectivity index (χ2n) is 6.12. The molecule has 0 aliphatic rings. The molecule has 1 N–H and O–H groups in total.